The van der Waals surface area contributed by atoms with Crippen LogP contribution in [0.2, 0.25) is 0 Å². The minimum Gasteiger partial charge on any atom is -0.342 e. The van der Waals surface area contributed by atoms with Crippen LogP contribution in [-0.4, -0.2) is 75.3 Å². The molecular formula is C35H32F3N8O3+. The highest BCUT2D eigenvalue weighted by Crippen LogP contribution is 2.38. The Morgan fingerprint density at radius 1 is 0.939 bits per heavy atom. The summed E-state index contributed by atoms with van der Waals surface area (Å²) in [5.41, 5.74) is 1.93. The smallest absolute Gasteiger partial charge is 0.342 e. The zero-order chi connectivity index (χ0) is 34.3. The number of hydrogen-bond acceptors (Lipinski definition) is 7. The molecule has 0 radical (unpaired) electrons. The predicted octanol–water partition coefficient (Wildman–Crippen LogP) is 4.58. The van der Waals surface area contributed by atoms with Gasteiger partial charge in [0.05, 0.1) is 29.5 Å². The number of amides is 3. The van der Waals surface area contributed by atoms with E-state index in [0.29, 0.717) is 48.8 Å². The van der Waals surface area contributed by atoms with Gasteiger partial charge in [0.25, 0.3) is 17.6 Å². The van der Waals surface area contributed by atoms with Gasteiger partial charge < -0.3 is 15.1 Å². The molecule has 3 amide bonds. The van der Waals surface area contributed by atoms with Crippen LogP contribution in [0.4, 0.5) is 19.0 Å². The van der Waals surface area contributed by atoms with E-state index in [-0.39, 0.29) is 39.6 Å². The molecule has 0 saturated carbocycles. The molecule has 2 saturated heterocycles. The number of aliphatic imine (C=N–C) groups is 2. The highest BCUT2D eigenvalue weighted by molar-refractivity contribution is 6.05. The van der Waals surface area contributed by atoms with E-state index >= 15 is 0 Å². The molecule has 0 aliphatic carbocycles. The molecular weight excluding hydrogens is 637 g/mol. The van der Waals surface area contributed by atoms with Crippen molar-refractivity contribution in [3.63, 3.8) is 0 Å². The Morgan fingerprint density at radius 3 is 2.43 bits per heavy atom. The fourth-order valence-electron chi connectivity index (χ4n) is 6.56. The standard InChI is InChI=1S/C35H31F3N8O3/c36-35(37,38)27-12-13-41-29(17-27)42-32(47)23-10-8-22(9-11-23)31-43-30(28-18-40-14-16-46(28,31)39)25-7-4-15-44(19-25)34(49)26-20-45(21-26)33(48)24-5-2-1-3-6-24/h1-3,5-6,8-14,16-18,25-26H,4,7,15,19-21,39H2/p+1. The summed E-state index contributed by atoms with van der Waals surface area (Å²) in [6, 6.07) is 17.1. The molecule has 11 nitrogen and oxygen atoms in total. The lowest BCUT2D eigenvalue weighted by atomic mass is 9.91. The molecule has 2 atom stereocenters. The van der Waals surface area contributed by atoms with Gasteiger partial charge in [-0.15, -0.1) is 4.59 Å². The van der Waals surface area contributed by atoms with Gasteiger partial charge >= 0.3 is 6.18 Å². The first-order valence-electron chi connectivity index (χ1n) is 15.8. The predicted molar refractivity (Wildman–Crippen MR) is 174 cm³/mol. The first-order valence-corrected chi connectivity index (χ1v) is 15.8. The number of rotatable bonds is 6. The van der Waals surface area contributed by atoms with Crippen LogP contribution in [-0.2, 0) is 11.0 Å². The summed E-state index contributed by atoms with van der Waals surface area (Å²) in [4.78, 5) is 55.8. The van der Waals surface area contributed by atoms with Crippen molar-refractivity contribution in [3.8, 4) is 0 Å². The van der Waals surface area contributed by atoms with Gasteiger partial charge in [-0.1, -0.05) is 18.2 Å². The molecule has 2 unspecified atom stereocenters. The number of carbonyl (C=O) groups excluding carboxylic acids is 3. The molecule has 3 aromatic rings. The summed E-state index contributed by atoms with van der Waals surface area (Å²) in [5, 5.41) is 2.41. The van der Waals surface area contributed by atoms with Gasteiger partial charge in [-0.05, 0) is 61.4 Å². The van der Waals surface area contributed by atoms with Crippen molar-refractivity contribution >= 4 is 35.6 Å². The minimum absolute atomic E-state index is 0.0227. The van der Waals surface area contributed by atoms with Crippen LogP contribution < -0.4 is 11.2 Å². The Kier molecular flexibility index (Phi) is 8.20. The first kappa shape index (κ1) is 32.1. The SMILES string of the molecule is N[N+]12C=CN=CC1=C(C1CCCN(C(=O)C3CN(C(=O)c4ccccc4)C3)C1)N=C2c1ccc(C(=O)Nc2cc(C(F)(F)F)ccn2)cc1. The number of halogens is 3. The molecule has 14 heteroatoms. The number of quaternary nitrogens is 1. The number of allylic oxidation sites excluding steroid dienone is 1. The van der Waals surface area contributed by atoms with Crippen LogP contribution in [0.3, 0.4) is 0 Å². The van der Waals surface area contributed by atoms with E-state index in [4.69, 9.17) is 10.8 Å². The van der Waals surface area contributed by atoms with Crippen molar-refractivity contribution in [2.75, 3.05) is 31.5 Å². The second-order valence-electron chi connectivity index (χ2n) is 12.4. The fraction of sp³-hybridized carbons (Fsp3) is 0.257. The number of fused-ring (bicyclic) bond motifs is 1. The van der Waals surface area contributed by atoms with E-state index in [2.05, 4.69) is 15.3 Å². The number of likely N-dealkylation sites (tertiary alicyclic amines) is 2. The molecule has 2 fully saturated rings. The number of nitrogens with one attached hydrogen (secondary N) is 1. The molecule has 4 aliphatic heterocycles. The number of piperidine rings is 1. The van der Waals surface area contributed by atoms with Gasteiger partial charge in [-0.3, -0.25) is 19.4 Å². The maximum atomic E-state index is 13.5. The summed E-state index contributed by atoms with van der Waals surface area (Å²) in [6.07, 6.45) is 2.96. The third kappa shape index (κ3) is 6.16. The summed E-state index contributed by atoms with van der Waals surface area (Å²) in [6.45, 7) is 1.84. The number of nitrogens with zero attached hydrogens (tertiary/aromatic N) is 6. The van der Waals surface area contributed by atoms with Crippen LogP contribution in [0.15, 0.2) is 107 Å². The molecule has 1 aromatic heterocycles. The van der Waals surface area contributed by atoms with E-state index in [0.717, 1.165) is 36.9 Å². The fourth-order valence-corrected chi connectivity index (χ4v) is 6.56. The molecule has 3 N–H and O–H groups in total. The largest absolute Gasteiger partial charge is 0.416 e. The summed E-state index contributed by atoms with van der Waals surface area (Å²) >= 11 is 0. The van der Waals surface area contributed by atoms with Crippen molar-refractivity contribution in [3.05, 3.63) is 119 Å². The van der Waals surface area contributed by atoms with Crippen molar-refractivity contribution < 1.29 is 32.1 Å². The average Bonchev–Trinajstić information content (AvgIpc) is 3.40. The Bertz CT molecular complexity index is 1930. The third-order valence-corrected chi connectivity index (χ3v) is 9.22. The van der Waals surface area contributed by atoms with E-state index in [1.54, 1.807) is 47.8 Å². The highest BCUT2D eigenvalue weighted by atomic mass is 19.4. The van der Waals surface area contributed by atoms with E-state index in [1.165, 1.54) is 12.1 Å². The molecule has 49 heavy (non-hydrogen) atoms. The summed E-state index contributed by atoms with van der Waals surface area (Å²) in [7, 11) is 0. The maximum Gasteiger partial charge on any atom is 0.416 e. The van der Waals surface area contributed by atoms with Gasteiger partial charge in [0.1, 0.15) is 17.7 Å². The van der Waals surface area contributed by atoms with Crippen molar-refractivity contribution in [2.45, 2.75) is 19.0 Å². The van der Waals surface area contributed by atoms with Crippen LogP contribution in [0.1, 0.15) is 44.7 Å². The monoisotopic (exact) mass is 669 g/mol. The molecule has 4 aliphatic rings. The van der Waals surface area contributed by atoms with Crippen LogP contribution in [0.5, 0.6) is 0 Å². The van der Waals surface area contributed by atoms with Gasteiger partial charge in [0.2, 0.25) is 11.6 Å². The second-order valence-corrected chi connectivity index (χ2v) is 12.4. The lowest BCUT2D eigenvalue weighted by Gasteiger charge is -2.42. The minimum atomic E-state index is -4.57. The number of aromatic nitrogens is 1. The summed E-state index contributed by atoms with van der Waals surface area (Å²) < 4.78 is 39.0. The van der Waals surface area contributed by atoms with Gasteiger partial charge in [0, 0.05) is 49.4 Å². The quantitative estimate of drug-likeness (QED) is 0.293. The lowest BCUT2D eigenvalue weighted by molar-refractivity contribution is -0.750. The number of alkyl halides is 3. The Hall–Kier alpha value is -5.47. The van der Waals surface area contributed by atoms with Crippen LogP contribution in [0.25, 0.3) is 0 Å². The number of amidine groups is 1. The first-order chi connectivity index (χ1) is 23.5. The third-order valence-electron chi connectivity index (χ3n) is 9.22. The molecule has 0 bridgehead atoms. The van der Waals surface area contributed by atoms with Crippen molar-refractivity contribution in [1.29, 1.82) is 0 Å². The van der Waals surface area contributed by atoms with Gasteiger partial charge in [0.15, 0.2) is 0 Å². The van der Waals surface area contributed by atoms with Crippen LogP contribution in [0, 0.1) is 11.8 Å². The number of pyridine rings is 1. The molecule has 5 heterocycles. The summed E-state index contributed by atoms with van der Waals surface area (Å²) in [5.74, 6) is 6.16. The molecule has 7 rings (SSSR count). The van der Waals surface area contributed by atoms with Gasteiger partial charge in [-0.2, -0.15) is 24.0 Å². The molecule has 2 aromatic carbocycles. The number of hydrogen-bond donors (Lipinski definition) is 2. The number of benzene rings is 2. The lowest BCUT2D eigenvalue weighted by Crippen LogP contribution is -2.57. The number of anilines is 1. The number of nitrogens with two attached hydrogens (primary N) is 1. The Labute approximate surface area is 279 Å². The van der Waals surface area contributed by atoms with E-state index < -0.39 is 17.6 Å². The van der Waals surface area contributed by atoms with E-state index in [1.807, 2.05) is 23.1 Å². The van der Waals surface area contributed by atoms with Crippen LogP contribution >= 0.6 is 0 Å². The Morgan fingerprint density at radius 2 is 1.69 bits per heavy atom. The van der Waals surface area contributed by atoms with E-state index in [9.17, 15) is 27.6 Å². The normalized spacial score (nSPS) is 22.0. The maximum absolute atomic E-state index is 13.5. The number of carbonyl (C=O) groups is 3. The average molecular weight is 670 g/mol. The zero-order valence-corrected chi connectivity index (χ0v) is 26.2. The highest BCUT2D eigenvalue weighted by Gasteiger charge is 2.47. The molecule has 250 valence electrons. The zero-order valence-electron chi connectivity index (χ0n) is 26.2. The topological polar surface area (TPSA) is 133 Å². The Balaban J connectivity index is 1.05. The van der Waals surface area contributed by atoms with Gasteiger partial charge in [-0.25, -0.2) is 4.98 Å². The van der Waals surface area contributed by atoms with Crippen molar-refractivity contribution in [2.24, 2.45) is 27.7 Å². The molecule has 0 spiro atoms. The van der Waals surface area contributed by atoms with Crippen molar-refractivity contribution in [1.82, 2.24) is 14.8 Å². The second kappa shape index (κ2) is 12.5.